The van der Waals surface area contributed by atoms with Gasteiger partial charge in [-0.25, -0.2) is 4.79 Å². The lowest BCUT2D eigenvalue weighted by Crippen LogP contribution is -2.44. The quantitative estimate of drug-likeness (QED) is 0.334. The van der Waals surface area contributed by atoms with E-state index in [0.717, 1.165) is 0 Å². The molecular formula is C10H9F4O5S-. The maximum atomic E-state index is 12.9. The molecule has 0 aliphatic rings. The molecular weight excluding hydrogens is 308 g/mol. The van der Waals surface area contributed by atoms with Gasteiger partial charge in [0.2, 0.25) is 5.76 Å². The van der Waals surface area contributed by atoms with E-state index in [9.17, 15) is 31.1 Å². The Hall–Kier alpha value is -1.42. The van der Waals surface area contributed by atoms with Crippen LogP contribution in [0.2, 0.25) is 0 Å². The number of furan rings is 1. The van der Waals surface area contributed by atoms with E-state index >= 15 is 0 Å². The second-order valence-electron chi connectivity index (χ2n) is 3.67. The zero-order valence-electron chi connectivity index (χ0n) is 9.81. The van der Waals surface area contributed by atoms with Gasteiger partial charge in [-0.15, -0.1) is 0 Å². The van der Waals surface area contributed by atoms with Crippen molar-refractivity contribution in [2.75, 3.05) is 6.61 Å². The smallest absolute Gasteiger partial charge is 0.374 e. The third-order valence-electron chi connectivity index (χ3n) is 2.23. The lowest BCUT2D eigenvalue weighted by atomic mass is 10.2. The van der Waals surface area contributed by atoms with Crippen molar-refractivity contribution in [3.63, 3.8) is 0 Å². The van der Waals surface area contributed by atoms with Crippen molar-refractivity contribution >= 4 is 17.0 Å². The van der Waals surface area contributed by atoms with Crippen molar-refractivity contribution in [2.24, 2.45) is 0 Å². The molecule has 0 bridgehead atoms. The molecule has 1 unspecified atom stereocenters. The highest BCUT2D eigenvalue weighted by atomic mass is 32.2. The van der Waals surface area contributed by atoms with Gasteiger partial charge in [0.05, 0.1) is 12.9 Å². The van der Waals surface area contributed by atoms with E-state index in [0.29, 0.717) is 0 Å². The van der Waals surface area contributed by atoms with Gasteiger partial charge >= 0.3 is 17.1 Å². The molecule has 0 aliphatic carbocycles. The third kappa shape index (κ3) is 3.79. The van der Waals surface area contributed by atoms with E-state index in [2.05, 4.69) is 9.15 Å². The monoisotopic (exact) mass is 317 g/mol. The Balaban J connectivity index is 2.41. The molecule has 1 rings (SSSR count). The highest BCUT2D eigenvalue weighted by Crippen LogP contribution is 2.39. The van der Waals surface area contributed by atoms with Crippen LogP contribution in [-0.4, -0.2) is 32.5 Å². The number of carbonyl (C=O) groups excluding carboxylic acids is 1. The summed E-state index contributed by atoms with van der Waals surface area (Å²) in [4.78, 5) is 11.2. The average molecular weight is 317 g/mol. The first kappa shape index (κ1) is 16.6. The van der Waals surface area contributed by atoms with Gasteiger partial charge in [0.1, 0.15) is 0 Å². The van der Waals surface area contributed by atoms with Gasteiger partial charge in [-0.1, -0.05) is 0 Å². The van der Waals surface area contributed by atoms with Gasteiger partial charge in [-0.3, -0.25) is 4.21 Å². The van der Waals surface area contributed by atoms with Crippen LogP contribution in [0.15, 0.2) is 22.8 Å². The first-order valence-corrected chi connectivity index (χ1v) is 6.31. The SMILES string of the molecule is O=C(OCCCC(F)(F)C(F)(F)S(=O)[O-])c1ccco1. The Morgan fingerprint density at radius 2 is 2.05 bits per heavy atom. The molecule has 0 N–H and O–H groups in total. The lowest BCUT2D eigenvalue weighted by Gasteiger charge is -2.27. The second kappa shape index (κ2) is 6.35. The van der Waals surface area contributed by atoms with E-state index < -0.39 is 47.7 Å². The first-order chi connectivity index (χ1) is 9.18. The third-order valence-corrected chi connectivity index (χ3v) is 2.94. The number of ether oxygens (including phenoxy) is 1. The minimum Gasteiger partial charge on any atom is -0.768 e. The summed E-state index contributed by atoms with van der Waals surface area (Å²) in [5.74, 6) is -5.84. The van der Waals surface area contributed by atoms with Crippen LogP contribution in [0.5, 0.6) is 0 Å². The van der Waals surface area contributed by atoms with Crippen LogP contribution in [0.3, 0.4) is 0 Å². The summed E-state index contributed by atoms with van der Waals surface area (Å²) < 4.78 is 80.4. The lowest BCUT2D eigenvalue weighted by molar-refractivity contribution is -0.163. The molecule has 5 nitrogen and oxygen atoms in total. The summed E-state index contributed by atoms with van der Waals surface area (Å²) in [7, 11) is 0. The zero-order valence-corrected chi connectivity index (χ0v) is 10.6. The largest absolute Gasteiger partial charge is 0.768 e. The van der Waals surface area contributed by atoms with Crippen molar-refractivity contribution in [3.8, 4) is 0 Å². The van der Waals surface area contributed by atoms with Crippen molar-refractivity contribution in [2.45, 2.75) is 24.0 Å². The molecule has 1 aromatic rings. The van der Waals surface area contributed by atoms with E-state index in [4.69, 9.17) is 0 Å². The van der Waals surface area contributed by atoms with Crippen molar-refractivity contribution < 1.29 is 40.3 Å². The number of carbonyl (C=O) groups is 1. The number of hydrogen-bond acceptors (Lipinski definition) is 5. The fourth-order valence-electron chi connectivity index (χ4n) is 1.19. The van der Waals surface area contributed by atoms with E-state index in [1.165, 1.54) is 18.4 Å². The molecule has 0 saturated carbocycles. The van der Waals surface area contributed by atoms with Gasteiger partial charge in [0.25, 0.3) is 0 Å². The van der Waals surface area contributed by atoms with Gasteiger partial charge < -0.3 is 13.7 Å². The molecule has 0 aromatic carbocycles. The van der Waals surface area contributed by atoms with Crippen molar-refractivity contribution in [1.29, 1.82) is 0 Å². The minimum absolute atomic E-state index is 0.164. The van der Waals surface area contributed by atoms with Crippen LogP contribution in [0, 0.1) is 0 Å². The number of halogens is 4. The molecule has 0 saturated heterocycles. The predicted molar refractivity (Wildman–Crippen MR) is 57.0 cm³/mol. The maximum absolute atomic E-state index is 12.9. The van der Waals surface area contributed by atoms with Crippen LogP contribution in [0.4, 0.5) is 17.6 Å². The molecule has 20 heavy (non-hydrogen) atoms. The highest BCUT2D eigenvalue weighted by Gasteiger charge is 2.56. The van der Waals surface area contributed by atoms with Crippen LogP contribution in [-0.2, 0) is 15.8 Å². The Bertz CT molecular complexity index is 474. The second-order valence-corrected chi connectivity index (χ2v) is 4.65. The molecule has 114 valence electrons. The summed E-state index contributed by atoms with van der Waals surface area (Å²) in [6.07, 6.45) is -0.888. The fraction of sp³-hybridized carbons (Fsp3) is 0.500. The summed E-state index contributed by atoms with van der Waals surface area (Å²) in [5, 5.41) is -5.17. The standard InChI is InChI=1S/C10H10F4O5S/c11-9(12,10(13,14)20(16)17)4-2-6-19-8(15)7-3-1-5-18-7/h1,3,5H,2,4,6H2,(H,16,17)/p-1. The Labute approximate surface area is 113 Å². The van der Waals surface area contributed by atoms with E-state index in [1.54, 1.807) is 0 Å². The molecule has 1 aromatic heterocycles. The number of alkyl halides is 4. The van der Waals surface area contributed by atoms with E-state index in [1.807, 2.05) is 0 Å². The molecule has 0 amide bonds. The van der Waals surface area contributed by atoms with E-state index in [-0.39, 0.29) is 5.76 Å². The van der Waals surface area contributed by atoms with Gasteiger partial charge in [-0.05, 0) is 18.6 Å². The highest BCUT2D eigenvalue weighted by molar-refractivity contribution is 7.80. The minimum atomic E-state index is -5.17. The van der Waals surface area contributed by atoms with Crippen LogP contribution < -0.4 is 0 Å². The van der Waals surface area contributed by atoms with Crippen molar-refractivity contribution in [3.05, 3.63) is 24.2 Å². The molecule has 1 heterocycles. The van der Waals surface area contributed by atoms with Gasteiger partial charge in [0, 0.05) is 17.5 Å². The Morgan fingerprint density at radius 1 is 1.40 bits per heavy atom. The summed E-state index contributed by atoms with van der Waals surface area (Å²) >= 11 is -4.24. The fourth-order valence-corrected chi connectivity index (χ4v) is 1.54. The van der Waals surface area contributed by atoms with Crippen LogP contribution in [0.1, 0.15) is 23.4 Å². The maximum Gasteiger partial charge on any atom is 0.374 e. The topological polar surface area (TPSA) is 79.6 Å². The van der Waals surface area contributed by atoms with Crippen LogP contribution in [0.25, 0.3) is 0 Å². The molecule has 0 fully saturated rings. The summed E-state index contributed by atoms with van der Waals surface area (Å²) in [6, 6.07) is 2.67. The number of rotatable bonds is 7. The molecule has 0 radical (unpaired) electrons. The average Bonchev–Trinajstić information content (AvgIpc) is 2.87. The Morgan fingerprint density at radius 3 is 2.55 bits per heavy atom. The summed E-state index contributed by atoms with van der Waals surface area (Å²) in [5.41, 5.74) is 0. The summed E-state index contributed by atoms with van der Waals surface area (Å²) in [6.45, 7) is -0.573. The molecule has 0 spiro atoms. The molecule has 0 aliphatic heterocycles. The number of hydrogen-bond donors (Lipinski definition) is 0. The number of esters is 1. The van der Waals surface area contributed by atoms with Gasteiger partial charge in [-0.2, -0.15) is 17.6 Å². The zero-order chi connectivity index (χ0) is 15.4. The first-order valence-electron chi connectivity index (χ1n) is 5.24. The van der Waals surface area contributed by atoms with Crippen molar-refractivity contribution in [1.82, 2.24) is 0 Å². The normalized spacial score (nSPS) is 14.1. The van der Waals surface area contributed by atoms with Crippen LogP contribution >= 0.6 is 0 Å². The molecule has 10 heteroatoms. The van der Waals surface area contributed by atoms with Gasteiger partial charge in [0.15, 0.2) is 0 Å². The molecule has 1 atom stereocenters. The predicted octanol–water partition coefficient (Wildman–Crippen LogP) is 2.32. The Kier molecular flexibility index (Phi) is 5.28.